The second kappa shape index (κ2) is 8.39. The van der Waals surface area contributed by atoms with E-state index in [1.54, 1.807) is 18.2 Å². The largest absolute Gasteiger partial charge is 0.325 e. The standard InChI is InChI=1S/C21H22FN3O3S2/c1-2-14-6-5-7-15(10-14)23-20(26)11-25(18-9-4-3-8-16(18)22)21-24-17-12-30(27,28)13-19(17)29-21/h3-10,17,19H,2,11-13H2,1H3,(H,23,26). The third-order valence-electron chi connectivity index (χ3n) is 5.10. The summed E-state index contributed by atoms with van der Waals surface area (Å²) in [6.45, 7) is 1.91. The summed E-state index contributed by atoms with van der Waals surface area (Å²) in [6.07, 6.45) is 0.851. The Hall–Kier alpha value is -2.39. The number of carbonyl (C=O) groups is 1. The van der Waals surface area contributed by atoms with Crippen LogP contribution in [0.1, 0.15) is 12.5 Å². The number of nitrogens with one attached hydrogen (secondary N) is 1. The van der Waals surface area contributed by atoms with Crippen LogP contribution in [0.2, 0.25) is 0 Å². The number of halogens is 1. The molecule has 30 heavy (non-hydrogen) atoms. The number of thioether (sulfide) groups is 1. The molecule has 4 rings (SSSR count). The second-order valence-electron chi connectivity index (χ2n) is 7.35. The second-order valence-corrected chi connectivity index (χ2v) is 10.7. The van der Waals surface area contributed by atoms with Gasteiger partial charge in [-0.05, 0) is 36.2 Å². The maximum absolute atomic E-state index is 14.5. The van der Waals surface area contributed by atoms with Gasteiger partial charge in [0.1, 0.15) is 12.4 Å². The van der Waals surface area contributed by atoms with Crippen molar-refractivity contribution in [2.75, 3.05) is 28.3 Å². The van der Waals surface area contributed by atoms with Gasteiger partial charge in [-0.1, -0.05) is 43.0 Å². The van der Waals surface area contributed by atoms with Crippen molar-refractivity contribution in [3.8, 4) is 0 Å². The number of para-hydroxylation sites is 1. The molecule has 1 N–H and O–H groups in total. The highest BCUT2D eigenvalue weighted by molar-refractivity contribution is 8.15. The lowest BCUT2D eigenvalue weighted by molar-refractivity contribution is -0.114. The molecule has 1 amide bonds. The van der Waals surface area contributed by atoms with Crippen LogP contribution in [-0.2, 0) is 21.1 Å². The van der Waals surface area contributed by atoms with Gasteiger partial charge in [-0.15, -0.1) is 0 Å². The Labute approximate surface area is 179 Å². The minimum Gasteiger partial charge on any atom is -0.325 e. The molecule has 0 aliphatic carbocycles. The van der Waals surface area contributed by atoms with E-state index in [2.05, 4.69) is 10.3 Å². The summed E-state index contributed by atoms with van der Waals surface area (Å²) >= 11 is 1.30. The average Bonchev–Trinajstić information content (AvgIpc) is 3.20. The number of fused-ring (bicyclic) bond motifs is 1. The lowest BCUT2D eigenvalue weighted by Crippen LogP contribution is -2.37. The molecule has 0 bridgehead atoms. The molecular weight excluding hydrogens is 425 g/mol. The molecule has 9 heteroatoms. The first-order valence-electron chi connectivity index (χ1n) is 9.70. The maximum Gasteiger partial charge on any atom is 0.244 e. The highest BCUT2D eigenvalue weighted by Crippen LogP contribution is 2.37. The first kappa shape index (κ1) is 20.9. The smallest absolute Gasteiger partial charge is 0.244 e. The molecule has 2 aromatic rings. The lowest BCUT2D eigenvalue weighted by Gasteiger charge is -2.24. The fraction of sp³-hybridized carbons (Fsp3) is 0.333. The summed E-state index contributed by atoms with van der Waals surface area (Å²) in [5.74, 6) is -0.725. The molecule has 0 radical (unpaired) electrons. The normalized spacial score (nSPS) is 21.7. The number of benzene rings is 2. The van der Waals surface area contributed by atoms with E-state index in [0.29, 0.717) is 10.9 Å². The zero-order valence-corrected chi connectivity index (χ0v) is 18.0. The molecule has 0 spiro atoms. The van der Waals surface area contributed by atoms with Crippen molar-refractivity contribution in [1.82, 2.24) is 0 Å². The van der Waals surface area contributed by atoms with Crippen LogP contribution in [0.4, 0.5) is 15.8 Å². The molecule has 6 nitrogen and oxygen atoms in total. The SMILES string of the molecule is CCc1cccc(NC(=O)CN(C2=NC3CS(=O)(=O)CC3S2)c2ccccc2F)c1. The summed E-state index contributed by atoms with van der Waals surface area (Å²) in [5, 5.41) is 3.14. The van der Waals surface area contributed by atoms with E-state index < -0.39 is 15.7 Å². The predicted octanol–water partition coefficient (Wildman–Crippen LogP) is 3.10. The van der Waals surface area contributed by atoms with E-state index in [-0.39, 0.29) is 40.9 Å². The van der Waals surface area contributed by atoms with Gasteiger partial charge >= 0.3 is 0 Å². The van der Waals surface area contributed by atoms with Gasteiger partial charge in [0.2, 0.25) is 5.91 Å². The van der Waals surface area contributed by atoms with Crippen molar-refractivity contribution in [2.45, 2.75) is 24.6 Å². The van der Waals surface area contributed by atoms with Crippen LogP contribution in [-0.4, -0.2) is 48.8 Å². The molecule has 0 aromatic heterocycles. The van der Waals surface area contributed by atoms with Gasteiger partial charge in [0.15, 0.2) is 15.0 Å². The molecule has 1 saturated heterocycles. The van der Waals surface area contributed by atoms with Crippen molar-refractivity contribution in [1.29, 1.82) is 0 Å². The van der Waals surface area contributed by atoms with Crippen LogP contribution in [0.15, 0.2) is 53.5 Å². The van der Waals surface area contributed by atoms with Crippen LogP contribution in [0.25, 0.3) is 0 Å². The molecule has 2 aromatic carbocycles. The molecule has 1 fully saturated rings. The van der Waals surface area contributed by atoms with Gasteiger partial charge in [0, 0.05) is 10.9 Å². The Bertz CT molecular complexity index is 1100. The topological polar surface area (TPSA) is 78.8 Å². The van der Waals surface area contributed by atoms with Gasteiger partial charge < -0.3 is 10.2 Å². The number of hydrogen-bond donors (Lipinski definition) is 1. The van der Waals surface area contributed by atoms with E-state index in [0.717, 1.165) is 12.0 Å². The Balaban J connectivity index is 1.57. The molecule has 2 heterocycles. The molecule has 158 valence electrons. The quantitative estimate of drug-likeness (QED) is 0.762. The predicted molar refractivity (Wildman–Crippen MR) is 119 cm³/mol. The van der Waals surface area contributed by atoms with Crippen molar-refractivity contribution in [3.63, 3.8) is 0 Å². The summed E-state index contributed by atoms with van der Waals surface area (Å²) in [7, 11) is -3.10. The zero-order valence-electron chi connectivity index (χ0n) is 16.4. The van der Waals surface area contributed by atoms with E-state index in [1.807, 2.05) is 31.2 Å². The zero-order chi connectivity index (χ0) is 21.3. The number of anilines is 2. The van der Waals surface area contributed by atoms with E-state index in [1.165, 1.54) is 22.7 Å². The summed E-state index contributed by atoms with van der Waals surface area (Å²) < 4.78 is 38.3. The van der Waals surface area contributed by atoms with Crippen LogP contribution < -0.4 is 10.2 Å². The van der Waals surface area contributed by atoms with E-state index in [9.17, 15) is 17.6 Å². The van der Waals surface area contributed by atoms with Crippen molar-refractivity contribution in [3.05, 3.63) is 59.9 Å². The van der Waals surface area contributed by atoms with Gasteiger partial charge in [0.05, 0.1) is 23.2 Å². The third kappa shape index (κ3) is 4.52. The van der Waals surface area contributed by atoms with Crippen LogP contribution in [0, 0.1) is 5.82 Å². The Morgan fingerprint density at radius 3 is 2.77 bits per heavy atom. The molecule has 2 atom stereocenters. The molecular formula is C21H22FN3O3S2. The maximum atomic E-state index is 14.5. The summed E-state index contributed by atoms with van der Waals surface area (Å²) in [6, 6.07) is 13.4. The fourth-order valence-corrected chi connectivity index (χ4v) is 7.38. The summed E-state index contributed by atoms with van der Waals surface area (Å²) in [4.78, 5) is 18.8. The highest BCUT2D eigenvalue weighted by atomic mass is 32.2. The number of amides is 1. The lowest BCUT2D eigenvalue weighted by atomic mass is 10.1. The van der Waals surface area contributed by atoms with Crippen LogP contribution in [0.3, 0.4) is 0 Å². The van der Waals surface area contributed by atoms with Crippen LogP contribution >= 0.6 is 11.8 Å². The van der Waals surface area contributed by atoms with Gasteiger partial charge in [-0.25, -0.2) is 12.8 Å². The molecule has 2 unspecified atom stereocenters. The first-order chi connectivity index (χ1) is 14.3. The van der Waals surface area contributed by atoms with Gasteiger partial charge in [0.25, 0.3) is 0 Å². The van der Waals surface area contributed by atoms with Gasteiger partial charge in [-0.3, -0.25) is 9.79 Å². The number of sulfone groups is 1. The summed E-state index contributed by atoms with van der Waals surface area (Å²) in [5.41, 5.74) is 2.02. The number of amidine groups is 1. The molecule has 2 aliphatic heterocycles. The third-order valence-corrected chi connectivity index (χ3v) is 8.35. The van der Waals surface area contributed by atoms with Crippen LogP contribution in [0.5, 0.6) is 0 Å². The number of nitrogens with zero attached hydrogens (tertiary/aromatic N) is 2. The number of aryl methyl sites for hydroxylation is 1. The van der Waals surface area contributed by atoms with Gasteiger partial charge in [-0.2, -0.15) is 0 Å². The monoisotopic (exact) mass is 447 g/mol. The minimum atomic E-state index is -3.10. The number of aliphatic imine (C=N–C) groups is 1. The van der Waals surface area contributed by atoms with Crippen molar-refractivity contribution in [2.24, 2.45) is 4.99 Å². The number of hydrogen-bond acceptors (Lipinski definition) is 6. The minimum absolute atomic E-state index is 0.00468. The Morgan fingerprint density at radius 1 is 1.23 bits per heavy atom. The Morgan fingerprint density at radius 2 is 2.03 bits per heavy atom. The fourth-order valence-electron chi connectivity index (χ4n) is 3.61. The van der Waals surface area contributed by atoms with Crippen molar-refractivity contribution >= 4 is 44.0 Å². The van der Waals surface area contributed by atoms with E-state index >= 15 is 0 Å². The Kier molecular flexibility index (Phi) is 5.84. The average molecular weight is 448 g/mol. The molecule has 2 aliphatic rings. The van der Waals surface area contributed by atoms with Crippen molar-refractivity contribution < 1.29 is 17.6 Å². The highest BCUT2D eigenvalue weighted by Gasteiger charge is 2.44. The number of carbonyl (C=O) groups excluding carboxylic acids is 1. The molecule has 0 saturated carbocycles. The first-order valence-corrected chi connectivity index (χ1v) is 12.4. The van der Waals surface area contributed by atoms with E-state index in [4.69, 9.17) is 0 Å². The number of rotatable bonds is 5.